The molecule has 7 rings (SSSR count). The van der Waals surface area contributed by atoms with Crippen molar-refractivity contribution < 1.29 is 38.7 Å². The van der Waals surface area contributed by atoms with E-state index in [2.05, 4.69) is 0 Å². The maximum absolute atomic E-state index is 13.4. The minimum Gasteiger partial charge on any atom is -0.446 e. The molecule has 4 fully saturated rings. The molecular formula is C21H18O8. The summed E-state index contributed by atoms with van der Waals surface area (Å²) in [7, 11) is 1.42. The first-order valence-corrected chi connectivity index (χ1v) is 9.68. The van der Waals surface area contributed by atoms with Crippen molar-refractivity contribution in [1.82, 2.24) is 0 Å². The van der Waals surface area contributed by atoms with E-state index in [0.717, 1.165) is 10.8 Å². The van der Waals surface area contributed by atoms with Crippen molar-refractivity contribution in [3.63, 3.8) is 0 Å². The van der Waals surface area contributed by atoms with Crippen LogP contribution in [0.3, 0.4) is 0 Å². The van der Waals surface area contributed by atoms with Gasteiger partial charge >= 0.3 is 5.79 Å². The minimum atomic E-state index is -1.68. The van der Waals surface area contributed by atoms with Gasteiger partial charge in [0.25, 0.3) is 0 Å². The Kier molecular flexibility index (Phi) is 2.70. The third-order valence-electron chi connectivity index (χ3n) is 7.20. The second-order valence-corrected chi connectivity index (χ2v) is 8.37. The second kappa shape index (κ2) is 4.74. The van der Waals surface area contributed by atoms with Gasteiger partial charge in [0.1, 0.15) is 29.8 Å². The van der Waals surface area contributed by atoms with Crippen LogP contribution in [-0.2, 0) is 19.0 Å². The number of rotatable bonds is 1. The van der Waals surface area contributed by atoms with E-state index < -0.39 is 47.5 Å². The lowest BCUT2D eigenvalue weighted by Crippen LogP contribution is -2.76. The predicted octanol–water partition coefficient (Wildman–Crippen LogP) is 0.306. The average molecular weight is 398 g/mol. The Morgan fingerprint density at radius 3 is 2.41 bits per heavy atom. The van der Waals surface area contributed by atoms with E-state index in [0.29, 0.717) is 11.5 Å². The van der Waals surface area contributed by atoms with Crippen molar-refractivity contribution in [2.45, 2.75) is 53.9 Å². The Bertz CT molecular complexity index is 1060. The summed E-state index contributed by atoms with van der Waals surface area (Å²) in [6, 6.07) is 11.2. The number of hydrogen-bond acceptors (Lipinski definition) is 8. The average Bonchev–Trinajstić information content (AvgIpc) is 3.63. The lowest BCUT2D eigenvalue weighted by Gasteiger charge is -2.47. The molecule has 8 heteroatoms. The standard InChI is InChI=1S/C21H18O8/c1-25-12-8-13(22)20-19(29-20,16(12)23)17(24)15-18(26-15)21(20)27-10-6-2-4-9-5-3-7-11(28-21)14(9)10/h2-7,12,15-18,23-24H,8H2,1H3/t12-,15-,16+,17+,18-,19+,20+/m1/s1. The molecule has 7 atom stereocenters. The van der Waals surface area contributed by atoms with Gasteiger partial charge in [-0.1, -0.05) is 24.3 Å². The zero-order valence-corrected chi connectivity index (χ0v) is 15.4. The first-order chi connectivity index (χ1) is 14.0. The number of carbonyl (C=O) groups is 1. The number of fused-ring (bicyclic) bond motifs is 2. The first kappa shape index (κ1) is 16.6. The molecule has 3 heterocycles. The van der Waals surface area contributed by atoms with Gasteiger partial charge in [-0.15, -0.1) is 0 Å². The molecule has 0 amide bonds. The predicted molar refractivity (Wildman–Crippen MR) is 95.6 cm³/mol. The number of aliphatic hydroxyl groups is 2. The van der Waals surface area contributed by atoms with Crippen LogP contribution in [-0.4, -0.2) is 70.6 Å². The quantitative estimate of drug-likeness (QED) is 0.661. The van der Waals surface area contributed by atoms with Crippen molar-refractivity contribution in [3.05, 3.63) is 36.4 Å². The Morgan fingerprint density at radius 2 is 1.76 bits per heavy atom. The number of aliphatic hydroxyl groups excluding tert-OH is 2. The highest BCUT2D eigenvalue weighted by molar-refractivity contribution is 5.98. The fourth-order valence-electron chi connectivity index (χ4n) is 5.84. The van der Waals surface area contributed by atoms with E-state index in [-0.39, 0.29) is 12.2 Å². The Labute approximate surface area is 164 Å². The number of epoxide rings is 2. The lowest BCUT2D eigenvalue weighted by molar-refractivity contribution is -0.202. The van der Waals surface area contributed by atoms with E-state index in [1.54, 1.807) is 12.1 Å². The summed E-state index contributed by atoms with van der Waals surface area (Å²) < 4.78 is 29.8. The van der Waals surface area contributed by atoms with Crippen molar-refractivity contribution in [2.75, 3.05) is 7.11 Å². The number of ether oxygens (including phenoxy) is 5. The smallest absolute Gasteiger partial charge is 0.320 e. The van der Waals surface area contributed by atoms with Crippen LogP contribution < -0.4 is 9.47 Å². The second-order valence-electron chi connectivity index (χ2n) is 8.37. The summed E-state index contributed by atoms with van der Waals surface area (Å²) in [4.78, 5) is 13.4. The van der Waals surface area contributed by atoms with Crippen molar-refractivity contribution in [1.29, 1.82) is 0 Å². The van der Waals surface area contributed by atoms with E-state index in [9.17, 15) is 15.0 Å². The molecule has 2 aliphatic carbocycles. The molecule has 29 heavy (non-hydrogen) atoms. The van der Waals surface area contributed by atoms with Gasteiger partial charge in [0.05, 0.1) is 11.5 Å². The van der Waals surface area contributed by atoms with Crippen LogP contribution in [0.5, 0.6) is 11.5 Å². The molecule has 0 bridgehead atoms. The minimum absolute atomic E-state index is 0.0795. The molecule has 8 nitrogen and oxygen atoms in total. The van der Waals surface area contributed by atoms with Crippen LogP contribution in [0, 0.1) is 0 Å². The van der Waals surface area contributed by atoms with Crippen LogP contribution >= 0.6 is 0 Å². The SMILES string of the molecule is CO[C@@H]1CC(=O)[C@]23O[C@]2([C@@H](O)[C@H]2O[C@H]2C32Oc3cccc4cccc(c34)O2)[C@H]1O. The van der Waals surface area contributed by atoms with E-state index in [4.69, 9.17) is 23.7 Å². The van der Waals surface area contributed by atoms with Crippen LogP contribution in [0.1, 0.15) is 6.42 Å². The molecule has 0 aromatic heterocycles. The zero-order chi connectivity index (χ0) is 19.8. The monoisotopic (exact) mass is 398 g/mol. The normalized spacial score (nSPS) is 44.9. The molecule has 150 valence electrons. The number of carbonyl (C=O) groups excluding carboxylic acids is 1. The highest BCUT2D eigenvalue weighted by Crippen LogP contribution is 2.72. The first-order valence-electron chi connectivity index (χ1n) is 9.68. The third-order valence-corrected chi connectivity index (χ3v) is 7.20. The molecule has 5 aliphatic rings. The maximum Gasteiger partial charge on any atom is 0.320 e. The zero-order valence-electron chi connectivity index (χ0n) is 15.4. The van der Waals surface area contributed by atoms with Gasteiger partial charge in [-0.2, -0.15) is 0 Å². The molecule has 2 aromatic rings. The van der Waals surface area contributed by atoms with Crippen molar-refractivity contribution >= 4 is 16.6 Å². The van der Waals surface area contributed by atoms with Gasteiger partial charge in [-0.3, -0.25) is 4.79 Å². The highest BCUT2D eigenvalue weighted by Gasteiger charge is 3.00. The maximum atomic E-state index is 13.4. The number of ketones is 1. The summed E-state index contributed by atoms with van der Waals surface area (Å²) in [6.45, 7) is 0. The number of hydrogen-bond donors (Lipinski definition) is 2. The summed E-state index contributed by atoms with van der Waals surface area (Å²) in [5.41, 5.74) is -3.28. The van der Waals surface area contributed by atoms with Gasteiger partial charge in [-0.25, -0.2) is 0 Å². The topological polar surface area (TPSA) is 110 Å². The van der Waals surface area contributed by atoms with Gasteiger partial charge in [-0.05, 0) is 17.5 Å². The Balaban J connectivity index is 1.46. The number of methoxy groups -OCH3 is 1. The molecule has 3 aliphatic heterocycles. The van der Waals surface area contributed by atoms with Gasteiger partial charge in [0, 0.05) is 13.5 Å². The van der Waals surface area contributed by atoms with E-state index in [1.807, 2.05) is 24.3 Å². The van der Waals surface area contributed by atoms with E-state index >= 15 is 0 Å². The summed E-state index contributed by atoms with van der Waals surface area (Å²) in [5.74, 6) is -0.875. The van der Waals surface area contributed by atoms with Gasteiger partial charge in [0.2, 0.25) is 5.60 Å². The van der Waals surface area contributed by atoms with Crippen molar-refractivity contribution in [2.24, 2.45) is 0 Å². The van der Waals surface area contributed by atoms with E-state index in [1.165, 1.54) is 7.11 Å². The third kappa shape index (κ3) is 1.52. The van der Waals surface area contributed by atoms with Crippen molar-refractivity contribution in [3.8, 4) is 11.5 Å². The fraction of sp³-hybridized carbons (Fsp3) is 0.476. The van der Waals surface area contributed by atoms with Gasteiger partial charge < -0.3 is 33.9 Å². The summed E-state index contributed by atoms with van der Waals surface area (Å²) in [5, 5.41) is 23.7. The molecule has 2 saturated carbocycles. The molecular weight excluding hydrogens is 380 g/mol. The summed E-state index contributed by atoms with van der Waals surface area (Å²) >= 11 is 0. The Morgan fingerprint density at radius 1 is 1.07 bits per heavy atom. The molecule has 1 spiro atoms. The molecule has 2 N–H and O–H groups in total. The Hall–Kier alpha value is -2.23. The van der Waals surface area contributed by atoms with Crippen LogP contribution in [0.25, 0.3) is 10.8 Å². The van der Waals surface area contributed by atoms with Crippen LogP contribution in [0.15, 0.2) is 36.4 Å². The summed E-state index contributed by atoms with van der Waals surface area (Å²) in [6.07, 6.45) is -4.68. The number of benzene rings is 2. The van der Waals surface area contributed by atoms with Crippen LogP contribution in [0.2, 0.25) is 0 Å². The number of Topliss-reactive ketones (excluding diaryl/α,β-unsaturated/α-hetero) is 1. The largest absolute Gasteiger partial charge is 0.446 e. The molecule has 2 aromatic carbocycles. The highest BCUT2D eigenvalue weighted by atomic mass is 16.8. The lowest BCUT2D eigenvalue weighted by atomic mass is 9.63. The molecule has 0 unspecified atom stereocenters. The fourth-order valence-corrected chi connectivity index (χ4v) is 5.84. The molecule has 0 radical (unpaired) electrons. The van der Waals surface area contributed by atoms with Crippen LogP contribution in [0.4, 0.5) is 0 Å². The molecule has 2 saturated heterocycles. The van der Waals surface area contributed by atoms with Gasteiger partial charge in [0.15, 0.2) is 17.5 Å².